The van der Waals surface area contributed by atoms with Crippen LogP contribution in [0.3, 0.4) is 0 Å². The summed E-state index contributed by atoms with van der Waals surface area (Å²) in [5.41, 5.74) is 1.15. The van der Waals surface area contributed by atoms with Crippen molar-refractivity contribution in [2.75, 3.05) is 14.2 Å². The second-order valence-electron chi connectivity index (χ2n) is 3.24. The Bertz CT molecular complexity index is 412. The largest absolute Gasteiger partial charge is 0.496 e. The second kappa shape index (κ2) is 5.91. The monoisotopic (exact) mass is 238 g/mol. The number of carboxylic acids is 1. The van der Waals surface area contributed by atoms with Gasteiger partial charge in [-0.25, -0.2) is 4.79 Å². The molecule has 0 heterocycles. The number of carbonyl (C=O) groups is 1. The lowest BCUT2D eigenvalue weighted by atomic mass is 10.1. The maximum atomic E-state index is 10.5. The Morgan fingerprint density at radius 3 is 2.18 bits per heavy atom. The highest BCUT2D eigenvalue weighted by molar-refractivity contribution is 5.86. The van der Waals surface area contributed by atoms with Gasteiger partial charge in [0.05, 0.1) is 26.4 Å². The molecule has 2 N–H and O–H groups in total. The number of hydrogen-bond donors (Lipinski definition) is 2. The number of hydrogen-bond acceptors (Lipinski definition) is 4. The van der Waals surface area contributed by atoms with Gasteiger partial charge in [-0.15, -0.1) is 0 Å². The average molecular weight is 238 g/mol. The van der Waals surface area contributed by atoms with Crippen molar-refractivity contribution < 1.29 is 24.5 Å². The van der Waals surface area contributed by atoms with Crippen molar-refractivity contribution in [3.63, 3.8) is 0 Å². The molecule has 1 aromatic carbocycles. The Kier molecular flexibility index (Phi) is 4.54. The van der Waals surface area contributed by atoms with Gasteiger partial charge in [0, 0.05) is 6.08 Å². The number of ether oxygens (including phenoxy) is 2. The van der Waals surface area contributed by atoms with Crippen LogP contribution in [-0.2, 0) is 11.4 Å². The van der Waals surface area contributed by atoms with Crippen molar-refractivity contribution in [3.05, 3.63) is 29.3 Å². The molecule has 0 aliphatic carbocycles. The number of aliphatic hydroxyl groups is 1. The molecule has 92 valence electrons. The molecule has 0 spiro atoms. The quantitative estimate of drug-likeness (QED) is 0.756. The highest BCUT2D eigenvalue weighted by Crippen LogP contribution is 2.31. The lowest BCUT2D eigenvalue weighted by Crippen LogP contribution is -1.96. The van der Waals surface area contributed by atoms with Gasteiger partial charge >= 0.3 is 5.97 Å². The standard InChI is InChI=1S/C12H14O5/c1-16-10-5-8(7-13)6-11(17-2)9(10)3-4-12(14)15/h3-6,13H,7H2,1-2H3,(H,14,15). The van der Waals surface area contributed by atoms with Crippen LogP contribution in [0.15, 0.2) is 18.2 Å². The van der Waals surface area contributed by atoms with Gasteiger partial charge in [-0.3, -0.25) is 0 Å². The molecule has 5 heteroatoms. The van der Waals surface area contributed by atoms with Gasteiger partial charge in [-0.05, 0) is 23.8 Å². The lowest BCUT2D eigenvalue weighted by Gasteiger charge is -2.12. The number of carboxylic acid groups (broad SMARTS) is 1. The molecule has 1 rings (SSSR count). The van der Waals surface area contributed by atoms with Gasteiger partial charge in [0.1, 0.15) is 11.5 Å². The Morgan fingerprint density at radius 2 is 1.82 bits per heavy atom. The Hall–Kier alpha value is -2.01. The van der Waals surface area contributed by atoms with Crippen molar-refractivity contribution in [2.24, 2.45) is 0 Å². The molecule has 17 heavy (non-hydrogen) atoms. The topological polar surface area (TPSA) is 76.0 Å². The molecule has 0 amide bonds. The second-order valence-corrected chi connectivity index (χ2v) is 3.24. The third kappa shape index (κ3) is 3.22. The van der Waals surface area contributed by atoms with Crippen molar-refractivity contribution >= 4 is 12.0 Å². The van der Waals surface area contributed by atoms with E-state index in [1.54, 1.807) is 12.1 Å². The van der Waals surface area contributed by atoms with Crippen molar-refractivity contribution in [3.8, 4) is 11.5 Å². The normalized spacial score (nSPS) is 10.5. The van der Waals surface area contributed by atoms with Crippen LogP contribution in [0.25, 0.3) is 6.08 Å². The SMILES string of the molecule is COc1cc(CO)cc(OC)c1C=CC(=O)O. The Balaban J connectivity index is 3.29. The molecule has 0 fully saturated rings. The summed E-state index contributed by atoms with van der Waals surface area (Å²) in [7, 11) is 2.93. The van der Waals surface area contributed by atoms with Gasteiger partial charge < -0.3 is 19.7 Å². The van der Waals surface area contributed by atoms with Crippen LogP contribution in [0.1, 0.15) is 11.1 Å². The van der Waals surface area contributed by atoms with Crippen LogP contribution >= 0.6 is 0 Å². The van der Waals surface area contributed by atoms with Crippen molar-refractivity contribution in [2.45, 2.75) is 6.61 Å². The number of benzene rings is 1. The molecule has 1 aromatic rings. The first-order chi connectivity index (χ1) is 8.12. The van der Waals surface area contributed by atoms with Gasteiger partial charge in [0.15, 0.2) is 0 Å². The molecule has 0 saturated heterocycles. The molecule has 0 radical (unpaired) electrons. The fourth-order valence-electron chi connectivity index (χ4n) is 1.40. The number of methoxy groups -OCH3 is 2. The summed E-state index contributed by atoms with van der Waals surface area (Å²) in [5, 5.41) is 17.7. The summed E-state index contributed by atoms with van der Waals surface area (Å²) in [6, 6.07) is 3.26. The minimum Gasteiger partial charge on any atom is -0.496 e. The maximum Gasteiger partial charge on any atom is 0.328 e. The first-order valence-corrected chi connectivity index (χ1v) is 4.89. The van der Waals surface area contributed by atoms with Crippen LogP contribution in [0, 0.1) is 0 Å². The van der Waals surface area contributed by atoms with E-state index in [1.807, 2.05) is 0 Å². The number of aliphatic carboxylic acids is 1. The molecule has 0 saturated carbocycles. The fraction of sp³-hybridized carbons (Fsp3) is 0.250. The third-order valence-corrected chi connectivity index (χ3v) is 2.18. The van der Waals surface area contributed by atoms with Crippen LogP contribution in [-0.4, -0.2) is 30.4 Å². The summed E-state index contributed by atoms with van der Waals surface area (Å²) < 4.78 is 10.3. The fourth-order valence-corrected chi connectivity index (χ4v) is 1.40. The lowest BCUT2D eigenvalue weighted by molar-refractivity contribution is -0.131. The van der Waals surface area contributed by atoms with E-state index in [0.717, 1.165) is 6.08 Å². The third-order valence-electron chi connectivity index (χ3n) is 2.18. The minimum absolute atomic E-state index is 0.143. The van der Waals surface area contributed by atoms with Gasteiger partial charge in [0.25, 0.3) is 0 Å². The Labute approximate surface area is 98.9 Å². The van der Waals surface area contributed by atoms with Gasteiger partial charge in [-0.2, -0.15) is 0 Å². The van der Waals surface area contributed by atoms with Crippen molar-refractivity contribution in [1.29, 1.82) is 0 Å². The smallest absolute Gasteiger partial charge is 0.328 e. The van der Waals surface area contributed by atoms with Crippen LogP contribution in [0.5, 0.6) is 11.5 Å². The molecule has 0 bridgehead atoms. The van der Waals surface area contributed by atoms with E-state index < -0.39 is 5.97 Å². The minimum atomic E-state index is -1.06. The van der Waals surface area contributed by atoms with E-state index in [-0.39, 0.29) is 6.61 Å². The molecule has 0 aliphatic rings. The van der Waals surface area contributed by atoms with E-state index in [0.29, 0.717) is 22.6 Å². The van der Waals surface area contributed by atoms with Crippen LogP contribution < -0.4 is 9.47 Å². The van der Waals surface area contributed by atoms with Crippen LogP contribution in [0.4, 0.5) is 0 Å². The van der Waals surface area contributed by atoms with Gasteiger partial charge in [-0.1, -0.05) is 0 Å². The molecule has 0 aromatic heterocycles. The molecule has 5 nitrogen and oxygen atoms in total. The summed E-state index contributed by atoms with van der Waals surface area (Å²) in [6.45, 7) is -0.143. The van der Waals surface area contributed by atoms with E-state index in [9.17, 15) is 4.79 Å². The zero-order valence-electron chi connectivity index (χ0n) is 9.64. The molecular weight excluding hydrogens is 224 g/mol. The number of aliphatic hydroxyl groups excluding tert-OH is 1. The predicted molar refractivity (Wildman–Crippen MR) is 62.1 cm³/mol. The molecular formula is C12H14O5. The first-order valence-electron chi connectivity index (χ1n) is 4.89. The zero-order valence-corrected chi connectivity index (χ0v) is 9.64. The number of rotatable bonds is 5. The highest BCUT2D eigenvalue weighted by Gasteiger charge is 2.10. The highest BCUT2D eigenvalue weighted by atomic mass is 16.5. The zero-order chi connectivity index (χ0) is 12.8. The molecule has 0 atom stereocenters. The maximum absolute atomic E-state index is 10.5. The summed E-state index contributed by atoms with van der Waals surface area (Å²) >= 11 is 0. The first kappa shape index (κ1) is 13.1. The van der Waals surface area contributed by atoms with Crippen LogP contribution in [0.2, 0.25) is 0 Å². The summed E-state index contributed by atoms with van der Waals surface area (Å²) in [4.78, 5) is 10.5. The average Bonchev–Trinajstić information content (AvgIpc) is 2.34. The summed E-state index contributed by atoms with van der Waals surface area (Å²) in [6.07, 6.45) is 2.39. The van der Waals surface area contributed by atoms with Crippen molar-refractivity contribution in [1.82, 2.24) is 0 Å². The predicted octanol–water partition coefficient (Wildman–Crippen LogP) is 1.29. The van der Waals surface area contributed by atoms with Gasteiger partial charge in [0.2, 0.25) is 0 Å². The molecule has 0 unspecified atom stereocenters. The van der Waals surface area contributed by atoms with E-state index in [1.165, 1.54) is 20.3 Å². The van der Waals surface area contributed by atoms with E-state index in [4.69, 9.17) is 19.7 Å². The van der Waals surface area contributed by atoms with E-state index >= 15 is 0 Å². The Morgan fingerprint density at radius 1 is 1.29 bits per heavy atom. The van der Waals surface area contributed by atoms with E-state index in [2.05, 4.69) is 0 Å². The molecule has 0 aliphatic heterocycles. The summed E-state index contributed by atoms with van der Waals surface area (Å²) in [5.74, 6) is -0.155.